The summed E-state index contributed by atoms with van der Waals surface area (Å²) in [5.74, 6) is 3.11. The molecule has 0 spiro atoms. The third-order valence-corrected chi connectivity index (χ3v) is 7.42. The molecule has 0 heterocycles. The van der Waals surface area contributed by atoms with E-state index in [2.05, 4.69) is 6.92 Å². The van der Waals surface area contributed by atoms with Crippen LogP contribution >= 0.6 is 0 Å². The van der Waals surface area contributed by atoms with Crippen LogP contribution in [0.15, 0.2) is 0 Å². The number of alkyl halides is 4. The standard InChI is InChI=1S/C22H34F4/c1-2-3-15-4-6-16(7-5-15)17-8-10-18(11-9-17)19-12-13-20(21(23)14-19)22(24,25)26/h15,17,19-21H,2-14H2,1H3. The van der Waals surface area contributed by atoms with E-state index in [1.165, 1.54) is 44.4 Å². The molecule has 3 saturated carbocycles. The van der Waals surface area contributed by atoms with Crippen LogP contribution in [0.4, 0.5) is 17.6 Å². The quantitative estimate of drug-likeness (QED) is 0.444. The van der Waals surface area contributed by atoms with Crippen molar-refractivity contribution in [3.63, 3.8) is 0 Å². The van der Waals surface area contributed by atoms with Gasteiger partial charge in [0.1, 0.15) is 6.17 Å². The lowest BCUT2D eigenvalue weighted by Gasteiger charge is -2.41. The van der Waals surface area contributed by atoms with Crippen molar-refractivity contribution in [2.75, 3.05) is 0 Å². The Labute approximate surface area is 156 Å². The van der Waals surface area contributed by atoms with Crippen molar-refractivity contribution in [3.05, 3.63) is 11.8 Å². The summed E-state index contributed by atoms with van der Waals surface area (Å²) in [5, 5.41) is 0. The second-order valence-corrected chi connectivity index (χ2v) is 9.00. The first kappa shape index (κ1) is 20.5. The Balaban J connectivity index is 1.42. The molecule has 0 saturated heterocycles. The van der Waals surface area contributed by atoms with E-state index in [-0.39, 0.29) is 18.8 Å². The molecule has 0 aliphatic heterocycles. The van der Waals surface area contributed by atoms with Gasteiger partial charge in [0.2, 0.25) is 0 Å². The fourth-order valence-corrected chi connectivity index (χ4v) is 5.81. The monoisotopic (exact) mass is 374 g/mol. The minimum Gasteiger partial charge on any atom is -0.247 e. The van der Waals surface area contributed by atoms with Crippen molar-refractivity contribution in [1.82, 2.24) is 0 Å². The summed E-state index contributed by atoms with van der Waals surface area (Å²) >= 11 is 0. The Morgan fingerprint density at radius 2 is 1.38 bits per heavy atom. The average Bonchev–Trinajstić information content (AvgIpc) is 2.62. The highest BCUT2D eigenvalue weighted by molar-refractivity contribution is 5.09. The SMILES string of the molecule is CCCC1CC[C](C2CC[C](C3CCC(C(F)(F)F)C(F)C3)CC2)CC1. The van der Waals surface area contributed by atoms with Gasteiger partial charge in [-0.2, -0.15) is 13.2 Å². The average molecular weight is 375 g/mol. The largest absolute Gasteiger partial charge is 0.394 e. The van der Waals surface area contributed by atoms with Crippen molar-refractivity contribution < 1.29 is 17.6 Å². The van der Waals surface area contributed by atoms with Crippen LogP contribution in [0.25, 0.3) is 0 Å². The Bertz CT molecular complexity index is 416. The molecule has 3 aliphatic carbocycles. The van der Waals surface area contributed by atoms with Crippen LogP contribution in [0.2, 0.25) is 0 Å². The van der Waals surface area contributed by atoms with Gasteiger partial charge in [-0.1, -0.05) is 19.8 Å². The zero-order chi connectivity index (χ0) is 18.7. The van der Waals surface area contributed by atoms with Gasteiger partial charge in [-0.25, -0.2) is 4.39 Å². The molecule has 0 bridgehead atoms. The van der Waals surface area contributed by atoms with Gasteiger partial charge in [0.25, 0.3) is 0 Å². The van der Waals surface area contributed by atoms with Crippen LogP contribution in [0.3, 0.4) is 0 Å². The fraction of sp³-hybridized carbons (Fsp3) is 0.909. The molecule has 3 atom stereocenters. The highest BCUT2D eigenvalue weighted by Crippen LogP contribution is 2.50. The number of hydrogen-bond acceptors (Lipinski definition) is 0. The van der Waals surface area contributed by atoms with Gasteiger partial charge in [-0.3, -0.25) is 0 Å². The molecule has 0 aromatic heterocycles. The third-order valence-electron chi connectivity index (χ3n) is 7.42. The van der Waals surface area contributed by atoms with E-state index in [1.807, 2.05) is 0 Å². The van der Waals surface area contributed by atoms with Crippen molar-refractivity contribution >= 4 is 0 Å². The molecule has 0 nitrogen and oxygen atoms in total. The molecule has 3 aliphatic rings. The van der Waals surface area contributed by atoms with Crippen molar-refractivity contribution in [2.24, 2.45) is 23.7 Å². The summed E-state index contributed by atoms with van der Waals surface area (Å²) in [5.41, 5.74) is 0. The maximum atomic E-state index is 14.1. The molecule has 3 unspecified atom stereocenters. The molecule has 2 radical (unpaired) electrons. The summed E-state index contributed by atoms with van der Waals surface area (Å²) in [7, 11) is 0. The van der Waals surface area contributed by atoms with Gasteiger partial charge in [0, 0.05) is 0 Å². The molecule has 0 amide bonds. The molecule has 0 N–H and O–H groups in total. The molecule has 0 aromatic rings. The van der Waals surface area contributed by atoms with E-state index in [9.17, 15) is 17.6 Å². The Morgan fingerprint density at radius 3 is 1.92 bits per heavy atom. The summed E-state index contributed by atoms with van der Waals surface area (Å²) in [6.07, 6.45) is 6.76. The fourth-order valence-electron chi connectivity index (χ4n) is 5.81. The molecule has 3 fully saturated rings. The van der Waals surface area contributed by atoms with Crippen molar-refractivity contribution in [1.29, 1.82) is 0 Å². The van der Waals surface area contributed by atoms with Gasteiger partial charge in [-0.05, 0) is 100 Å². The van der Waals surface area contributed by atoms with Crippen LogP contribution in [0.1, 0.15) is 90.4 Å². The first-order chi connectivity index (χ1) is 12.4. The van der Waals surface area contributed by atoms with Crippen LogP contribution in [0, 0.1) is 35.5 Å². The van der Waals surface area contributed by atoms with Gasteiger partial charge < -0.3 is 0 Å². The summed E-state index contributed by atoms with van der Waals surface area (Å²) in [4.78, 5) is 0. The predicted octanol–water partition coefficient (Wildman–Crippen LogP) is 7.63. The molecule has 4 heteroatoms. The van der Waals surface area contributed by atoms with E-state index in [0.29, 0.717) is 12.3 Å². The van der Waals surface area contributed by atoms with Crippen LogP contribution in [0.5, 0.6) is 0 Å². The molecular formula is C22H34F4. The lowest BCUT2D eigenvalue weighted by atomic mass is 9.64. The molecular weight excluding hydrogens is 340 g/mol. The van der Waals surface area contributed by atoms with Gasteiger partial charge in [0.15, 0.2) is 0 Å². The second kappa shape index (κ2) is 8.82. The first-order valence-corrected chi connectivity index (χ1v) is 10.8. The normalized spacial score (nSPS) is 34.3. The predicted molar refractivity (Wildman–Crippen MR) is 97.1 cm³/mol. The third kappa shape index (κ3) is 4.95. The van der Waals surface area contributed by atoms with Gasteiger partial charge >= 0.3 is 6.18 Å². The second-order valence-electron chi connectivity index (χ2n) is 9.00. The minimum atomic E-state index is -4.38. The molecule has 3 rings (SSSR count). The molecule has 150 valence electrons. The van der Waals surface area contributed by atoms with Crippen molar-refractivity contribution in [3.8, 4) is 0 Å². The summed E-state index contributed by atoms with van der Waals surface area (Å²) < 4.78 is 52.6. The van der Waals surface area contributed by atoms with Gasteiger partial charge in [-0.15, -0.1) is 0 Å². The number of rotatable bonds is 4. The molecule has 26 heavy (non-hydrogen) atoms. The van der Waals surface area contributed by atoms with Crippen molar-refractivity contribution in [2.45, 2.75) is 103 Å². The van der Waals surface area contributed by atoms with E-state index < -0.39 is 18.3 Å². The Hall–Kier alpha value is -0.280. The van der Waals surface area contributed by atoms with Crippen LogP contribution in [-0.2, 0) is 0 Å². The number of hydrogen-bond donors (Lipinski definition) is 0. The topological polar surface area (TPSA) is 0 Å². The smallest absolute Gasteiger partial charge is 0.247 e. The summed E-state index contributed by atoms with van der Waals surface area (Å²) in [6.45, 7) is 2.27. The van der Waals surface area contributed by atoms with E-state index in [0.717, 1.165) is 31.6 Å². The highest BCUT2D eigenvalue weighted by Gasteiger charge is 2.49. The lowest BCUT2D eigenvalue weighted by molar-refractivity contribution is -0.200. The van der Waals surface area contributed by atoms with Crippen LogP contribution < -0.4 is 0 Å². The minimum absolute atomic E-state index is 0.0293. The van der Waals surface area contributed by atoms with Gasteiger partial charge in [0.05, 0.1) is 5.92 Å². The van der Waals surface area contributed by atoms with E-state index in [4.69, 9.17) is 0 Å². The van der Waals surface area contributed by atoms with E-state index >= 15 is 0 Å². The zero-order valence-corrected chi connectivity index (χ0v) is 16.1. The number of halogens is 4. The first-order valence-electron chi connectivity index (χ1n) is 10.8. The molecule has 0 aromatic carbocycles. The Morgan fingerprint density at radius 1 is 0.808 bits per heavy atom. The maximum absolute atomic E-state index is 14.1. The lowest BCUT2D eigenvalue weighted by Crippen LogP contribution is -2.38. The maximum Gasteiger partial charge on any atom is 0.394 e. The highest BCUT2D eigenvalue weighted by atomic mass is 19.4. The Kier molecular flexibility index (Phi) is 6.94. The van der Waals surface area contributed by atoms with E-state index in [1.54, 1.807) is 5.92 Å². The summed E-state index contributed by atoms with van der Waals surface area (Å²) in [6, 6.07) is 0. The zero-order valence-electron chi connectivity index (χ0n) is 16.1. The van der Waals surface area contributed by atoms with Crippen LogP contribution in [-0.4, -0.2) is 12.3 Å².